The van der Waals surface area contributed by atoms with Gasteiger partial charge in [-0.15, -0.1) is 0 Å². The second kappa shape index (κ2) is 71.4. The van der Waals surface area contributed by atoms with Crippen molar-refractivity contribution >= 4 is 29.6 Å². The van der Waals surface area contributed by atoms with Gasteiger partial charge in [0, 0.05) is 0 Å². The minimum Gasteiger partial charge on any atom is -0.867 e. The van der Waals surface area contributed by atoms with E-state index in [1.807, 2.05) is 0 Å². The van der Waals surface area contributed by atoms with E-state index in [1.54, 1.807) is 0 Å². The second-order valence-corrected chi connectivity index (χ2v) is 1.10. The molecule has 0 bridgehead atoms. The largest absolute Gasteiger partial charge is 1.00 e. The molecule has 0 amide bonds. The Bertz CT molecular complexity index is 89.1. The first-order valence-corrected chi connectivity index (χ1v) is 2.76. The summed E-state index contributed by atoms with van der Waals surface area (Å²) >= 11 is 0. The van der Waals surface area contributed by atoms with E-state index in [2.05, 4.69) is 0 Å². The van der Waals surface area contributed by atoms with Gasteiger partial charge in [0.2, 0.25) is 0 Å². The fourth-order valence-electron chi connectivity index (χ4n) is 0. The molecule has 8 nitrogen and oxygen atoms in total. The minimum atomic E-state index is -3.17. The van der Waals surface area contributed by atoms with Gasteiger partial charge < -0.3 is 57.5 Å². The van der Waals surface area contributed by atoms with Gasteiger partial charge in [-0.2, -0.15) is 0 Å². The standard InChI is InChI=1S/4BFO2.8Cu/c4*2-1(3)4;;;;;;;;/q4*-2;8*+1. The summed E-state index contributed by atoms with van der Waals surface area (Å²) in [6.45, 7) is 0. The number of hydrogen-bond acceptors (Lipinski definition) is 8. The van der Waals surface area contributed by atoms with Crippen LogP contribution >= 0.6 is 0 Å². The molecule has 24 heavy (non-hydrogen) atoms. The van der Waals surface area contributed by atoms with E-state index < -0.39 is 29.6 Å². The molecular formula is B4Cu8F4O8. The quantitative estimate of drug-likeness (QED) is 0.173. The summed E-state index contributed by atoms with van der Waals surface area (Å²) in [7, 11) is -12.7. The maximum absolute atomic E-state index is 9.89. The van der Waals surface area contributed by atoms with Gasteiger partial charge in [-0.1, -0.05) is 0 Å². The predicted molar refractivity (Wildman–Crippen MR) is 27.4 cm³/mol. The Morgan fingerprint density at radius 1 is 0.292 bits per heavy atom. The normalized spacial score (nSPS) is 4.50. The summed E-state index contributed by atoms with van der Waals surface area (Å²) in [6.07, 6.45) is 0. The van der Waals surface area contributed by atoms with Crippen molar-refractivity contribution < 1.29 is 194 Å². The summed E-state index contributed by atoms with van der Waals surface area (Å²) < 4.78 is 39.6. The van der Waals surface area contributed by atoms with Gasteiger partial charge in [-0.05, 0) is 0 Å². The van der Waals surface area contributed by atoms with E-state index in [0.717, 1.165) is 0 Å². The molecule has 0 aromatic carbocycles. The van der Waals surface area contributed by atoms with E-state index in [4.69, 9.17) is 40.2 Å². The molecule has 0 saturated carbocycles. The fourth-order valence-corrected chi connectivity index (χ4v) is 0. The third-order valence-electron chi connectivity index (χ3n) is 0. The SMILES string of the molecule is [Cu+].[Cu+].[Cu+].[Cu+].[Cu+].[Cu+].[Cu+].[Cu+].[O-]B([O-])F.[O-]B([O-])F.[O-]B([O-])F.[O-]B([O-])F. The first kappa shape index (κ1) is 80.0. The van der Waals surface area contributed by atoms with E-state index >= 15 is 0 Å². The zero-order valence-electron chi connectivity index (χ0n) is 9.50. The average molecular weight is 756 g/mol. The molecule has 0 spiro atoms. The maximum Gasteiger partial charge on any atom is 1.00 e. The predicted octanol–water partition coefficient (Wildman–Crippen LogP) is -9.37. The topological polar surface area (TPSA) is 184 Å². The molecule has 176 valence electrons. The van der Waals surface area contributed by atoms with E-state index in [9.17, 15) is 17.3 Å². The van der Waals surface area contributed by atoms with Crippen molar-refractivity contribution in [3.63, 3.8) is 0 Å². The van der Waals surface area contributed by atoms with Crippen LogP contribution in [0.3, 0.4) is 0 Å². The Morgan fingerprint density at radius 2 is 0.292 bits per heavy atom. The van der Waals surface area contributed by atoms with Gasteiger partial charge in [-0.25, -0.2) is 0 Å². The van der Waals surface area contributed by atoms with Crippen LogP contribution in [-0.4, -0.2) is 29.6 Å². The third-order valence-corrected chi connectivity index (χ3v) is 0. The van der Waals surface area contributed by atoms with Gasteiger partial charge in [0.15, 0.2) is 0 Å². The monoisotopic (exact) mass is 751 g/mol. The van der Waals surface area contributed by atoms with Crippen molar-refractivity contribution in [2.75, 3.05) is 0 Å². The van der Waals surface area contributed by atoms with Crippen LogP contribution in [0.15, 0.2) is 0 Å². The second-order valence-electron chi connectivity index (χ2n) is 1.10. The zero-order valence-corrected chi connectivity index (χ0v) is 17.0. The molecule has 0 fully saturated rings. The van der Waals surface area contributed by atoms with Gasteiger partial charge in [0.25, 0.3) is 0 Å². The molecule has 0 aromatic rings. The van der Waals surface area contributed by atoms with Crippen LogP contribution in [0.4, 0.5) is 17.3 Å². The van der Waals surface area contributed by atoms with Crippen LogP contribution in [0.1, 0.15) is 0 Å². The molecule has 0 radical (unpaired) electrons. The van der Waals surface area contributed by atoms with E-state index in [-0.39, 0.29) is 137 Å². The van der Waals surface area contributed by atoms with Crippen molar-refractivity contribution in [2.24, 2.45) is 0 Å². The van der Waals surface area contributed by atoms with Crippen LogP contribution in [0, 0.1) is 0 Å². The Hall–Kier alpha value is 3.82. The first-order chi connectivity index (χ1) is 6.93. The minimum absolute atomic E-state index is 0. The Balaban J connectivity index is -0.00000000720. The van der Waals surface area contributed by atoms with Gasteiger partial charge >= 0.3 is 137 Å². The average Bonchev–Trinajstić information content (AvgIpc) is 1.76. The summed E-state index contributed by atoms with van der Waals surface area (Å²) in [5.74, 6) is 0. The first-order valence-electron chi connectivity index (χ1n) is 2.76. The van der Waals surface area contributed by atoms with Crippen molar-refractivity contribution in [3.05, 3.63) is 0 Å². The smallest absolute Gasteiger partial charge is 0.867 e. The molecule has 0 atom stereocenters. The zero-order chi connectivity index (χ0) is 14.3. The summed E-state index contributed by atoms with van der Waals surface area (Å²) in [4.78, 5) is 0. The Morgan fingerprint density at radius 3 is 0.292 bits per heavy atom. The summed E-state index contributed by atoms with van der Waals surface area (Å²) in [6, 6.07) is 0. The molecule has 0 aromatic heterocycles. The molecule has 0 aliphatic carbocycles. The van der Waals surface area contributed by atoms with Crippen LogP contribution in [0.2, 0.25) is 0 Å². The number of hydrogen-bond donors (Lipinski definition) is 0. The molecule has 0 aliphatic rings. The van der Waals surface area contributed by atoms with Gasteiger partial charge in [0.05, 0.1) is 0 Å². The summed E-state index contributed by atoms with van der Waals surface area (Å²) in [5.41, 5.74) is 0. The van der Waals surface area contributed by atoms with E-state index in [1.165, 1.54) is 0 Å². The van der Waals surface area contributed by atoms with Gasteiger partial charge in [-0.3, -0.25) is 0 Å². The van der Waals surface area contributed by atoms with Crippen molar-refractivity contribution in [2.45, 2.75) is 0 Å². The van der Waals surface area contributed by atoms with Crippen LogP contribution in [-0.2, 0) is 137 Å². The molecule has 0 aliphatic heterocycles. The van der Waals surface area contributed by atoms with Crippen LogP contribution < -0.4 is 40.2 Å². The third kappa shape index (κ3) is 1090. The molecule has 0 unspecified atom stereocenters. The molecule has 0 saturated heterocycles. The molecule has 24 heteroatoms. The van der Waals surface area contributed by atoms with Gasteiger partial charge in [0.1, 0.15) is 29.6 Å². The van der Waals surface area contributed by atoms with Crippen molar-refractivity contribution in [3.8, 4) is 0 Å². The molecule has 0 N–H and O–H groups in total. The van der Waals surface area contributed by atoms with Crippen LogP contribution in [0.25, 0.3) is 0 Å². The van der Waals surface area contributed by atoms with Crippen LogP contribution in [0.5, 0.6) is 0 Å². The summed E-state index contributed by atoms with van der Waals surface area (Å²) in [5, 5.41) is 66.4. The number of halogens is 4. The Kier molecular flexibility index (Phi) is 238. The molecule has 0 heterocycles. The Labute approximate surface area is 221 Å². The molecular weight excluding hydrogens is 756 g/mol. The van der Waals surface area contributed by atoms with Crippen molar-refractivity contribution in [1.82, 2.24) is 0 Å². The molecule has 0 rings (SSSR count). The maximum atomic E-state index is 9.89. The van der Waals surface area contributed by atoms with Crippen molar-refractivity contribution in [1.29, 1.82) is 0 Å². The van der Waals surface area contributed by atoms with E-state index in [0.29, 0.717) is 0 Å². The fraction of sp³-hybridized carbons (Fsp3) is 0. The number of rotatable bonds is 0.